The number of nitrogens with one attached hydrogen (secondary N) is 1. The summed E-state index contributed by atoms with van der Waals surface area (Å²) < 4.78 is 41.2. The van der Waals surface area contributed by atoms with Crippen LogP contribution in [0.1, 0.15) is 23.1 Å². The molecule has 1 heterocycles. The van der Waals surface area contributed by atoms with Crippen molar-refractivity contribution in [1.29, 1.82) is 0 Å². The first-order valence-corrected chi connectivity index (χ1v) is 6.13. The molecular weight excluding hydrogens is 285 g/mol. The number of aryl methyl sites for hydroxylation is 2. The molecule has 0 unspecified atom stereocenters. The monoisotopic (exact) mass is 298 g/mol. The van der Waals surface area contributed by atoms with Crippen molar-refractivity contribution in [2.45, 2.75) is 20.4 Å². The van der Waals surface area contributed by atoms with Crippen LogP contribution in [0.5, 0.6) is 0 Å². The molecular formula is C13H13F3N4O. The van der Waals surface area contributed by atoms with Gasteiger partial charge in [-0.3, -0.25) is 9.48 Å². The molecule has 1 amide bonds. The van der Waals surface area contributed by atoms with Gasteiger partial charge in [0.25, 0.3) is 5.91 Å². The molecule has 0 spiro atoms. The van der Waals surface area contributed by atoms with Crippen molar-refractivity contribution in [3.05, 3.63) is 41.0 Å². The van der Waals surface area contributed by atoms with E-state index in [0.717, 1.165) is 0 Å². The summed E-state index contributed by atoms with van der Waals surface area (Å²) in [5.74, 6) is -4.31. The summed E-state index contributed by atoms with van der Waals surface area (Å²) in [5.41, 5.74) is 5.56. The molecule has 0 atom stereocenters. The Hall–Kier alpha value is -2.51. The summed E-state index contributed by atoms with van der Waals surface area (Å²) in [6.07, 6.45) is 0. The number of nitrogens with zero attached hydrogens (tertiary/aromatic N) is 2. The number of hydrogen-bond acceptors (Lipinski definition) is 3. The second kappa shape index (κ2) is 5.47. The lowest BCUT2D eigenvalue weighted by Crippen LogP contribution is -2.20. The van der Waals surface area contributed by atoms with Crippen molar-refractivity contribution < 1.29 is 18.0 Å². The molecule has 0 aliphatic rings. The number of rotatable bonds is 3. The van der Waals surface area contributed by atoms with Gasteiger partial charge in [0.1, 0.15) is 17.2 Å². The van der Waals surface area contributed by atoms with E-state index in [0.29, 0.717) is 24.4 Å². The summed E-state index contributed by atoms with van der Waals surface area (Å²) in [5, 5.41) is 6.09. The highest BCUT2D eigenvalue weighted by atomic mass is 19.1. The third kappa shape index (κ3) is 2.69. The van der Waals surface area contributed by atoms with Crippen LogP contribution in [0.2, 0.25) is 0 Å². The SMILES string of the molecule is CCn1nc(C)c(N)c1C(=O)Nc1c(F)cc(F)cc1F. The lowest BCUT2D eigenvalue weighted by atomic mass is 10.2. The summed E-state index contributed by atoms with van der Waals surface area (Å²) in [4.78, 5) is 12.1. The average Bonchev–Trinajstić information content (AvgIpc) is 2.69. The molecule has 2 rings (SSSR count). The molecule has 112 valence electrons. The molecule has 8 heteroatoms. The summed E-state index contributed by atoms with van der Waals surface area (Å²) >= 11 is 0. The Labute approximate surface area is 118 Å². The zero-order valence-electron chi connectivity index (χ0n) is 11.4. The number of anilines is 2. The second-order valence-corrected chi connectivity index (χ2v) is 4.36. The van der Waals surface area contributed by atoms with Gasteiger partial charge in [-0.1, -0.05) is 0 Å². The minimum Gasteiger partial charge on any atom is -0.395 e. The van der Waals surface area contributed by atoms with E-state index in [1.807, 2.05) is 0 Å². The molecule has 0 aliphatic heterocycles. The standard InChI is InChI=1S/C13H13F3N4O/c1-3-20-12(10(17)6(2)19-20)13(21)18-11-8(15)4-7(14)5-9(11)16/h4-5H,3,17H2,1-2H3,(H,18,21). The fraction of sp³-hybridized carbons (Fsp3) is 0.231. The maximum absolute atomic E-state index is 13.5. The molecule has 21 heavy (non-hydrogen) atoms. The number of nitrogen functional groups attached to an aromatic ring is 1. The van der Waals surface area contributed by atoms with Crippen LogP contribution in [0.15, 0.2) is 12.1 Å². The van der Waals surface area contributed by atoms with E-state index in [4.69, 9.17) is 5.73 Å². The zero-order valence-corrected chi connectivity index (χ0v) is 11.4. The van der Waals surface area contributed by atoms with Gasteiger partial charge < -0.3 is 11.1 Å². The highest BCUT2D eigenvalue weighted by Crippen LogP contribution is 2.23. The van der Waals surface area contributed by atoms with Crippen LogP contribution in [0.25, 0.3) is 0 Å². The van der Waals surface area contributed by atoms with Crippen LogP contribution >= 0.6 is 0 Å². The first kappa shape index (κ1) is 14.9. The number of halogens is 3. The minimum atomic E-state index is -1.21. The van der Waals surface area contributed by atoms with Gasteiger partial charge in [0.15, 0.2) is 11.6 Å². The highest BCUT2D eigenvalue weighted by molar-refractivity contribution is 6.06. The molecule has 0 aliphatic carbocycles. The first-order chi connectivity index (χ1) is 9.85. The van der Waals surface area contributed by atoms with E-state index in [1.54, 1.807) is 13.8 Å². The normalized spacial score (nSPS) is 10.7. The number of amides is 1. The van der Waals surface area contributed by atoms with Crippen molar-refractivity contribution in [1.82, 2.24) is 9.78 Å². The third-order valence-electron chi connectivity index (χ3n) is 2.93. The quantitative estimate of drug-likeness (QED) is 0.914. The molecule has 0 bridgehead atoms. The van der Waals surface area contributed by atoms with Gasteiger partial charge in [0, 0.05) is 18.7 Å². The van der Waals surface area contributed by atoms with Crippen LogP contribution in [-0.4, -0.2) is 15.7 Å². The smallest absolute Gasteiger partial charge is 0.276 e. The molecule has 1 aromatic carbocycles. The fourth-order valence-corrected chi connectivity index (χ4v) is 1.90. The van der Waals surface area contributed by atoms with Gasteiger partial charge in [-0.2, -0.15) is 5.10 Å². The average molecular weight is 298 g/mol. The van der Waals surface area contributed by atoms with E-state index in [9.17, 15) is 18.0 Å². The Morgan fingerprint density at radius 3 is 2.43 bits per heavy atom. The van der Waals surface area contributed by atoms with Crippen molar-refractivity contribution in [3.8, 4) is 0 Å². The van der Waals surface area contributed by atoms with Gasteiger partial charge >= 0.3 is 0 Å². The van der Waals surface area contributed by atoms with Gasteiger partial charge in [-0.15, -0.1) is 0 Å². The van der Waals surface area contributed by atoms with Gasteiger partial charge in [-0.05, 0) is 13.8 Å². The Morgan fingerprint density at radius 1 is 1.33 bits per heavy atom. The Balaban J connectivity index is 2.40. The molecule has 0 saturated heterocycles. The van der Waals surface area contributed by atoms with E-state index >= 15 is 0 Å². The highest BCUT2D eigenvalue weighted by Gasteiger charge is 2.22. The van der Waals surface area contributed by atoms with E-state index < -0.39 is 29.0 Å². The van der Waals surface area contributed by atoms with Gasteiger partial charge in [-0.25, -0.2) is 13.2 Å². The van der Waals surface area contributed by atoms with Crippen molar-refractivity contribution in [2.75, 3.05) is 11.1 Å². The van der Waals surface area contributed by atoms with Crippen LogP contribution in [0.3, 0.4) is 0 Å². The van der Waals surface area contributed by atoms with Crippen LogP contribution < -0.4 is 11.1 Å². The summed E-state index contributed by atoms with van der Waals surface area (Å²) in [6, 6.07) is 0.953. The second-order valence-electron chi connectivity index (χ2n) is 4.36. The van der Waals surface area contributed by atoms with E-state index in [-0.39, 0.29) is 11.4 Å². The Morgan fingerprint density at radius 2 is 1.90 bits per heavy atom. The van der Waals surface area contributed by atoms with E-state index in [1.165, 1.54) is 4.68 Å². The molecule has 2 aromatic rings. The lowest BCUT2D eigenvalue weighted by molar-refractivity contribution is 0.101. The van der Waals surface area contributed by atoms with Gasteiger partial charge in [0.05, 0.1) is 11.4 Å². The van der Waals surface area contributed by atoms with Crippen molar-refractivity contribution >= 4 is 17.3 Å². The largest absolute Gasteiger partial charge is 0.395 e. The number of aromatic nitrogens is 2. The molecule has 0 saturated carbocycles. The van der Waals surface area contributed by atoms with Crippen molar-refractivity contribution in [3.63, 3.8) is 0 Å². The fourth-order valence-electron chi connectivity index (χ4n) is 1.90. The number of carbonyl (C=O) groups is 1. The predicted octanol–water partition coefficient (Wildman–Crippen LogP) is 2.46. The summed E-state index contributed by atoms with van der Waals surface area (Å²) in [7, 11) is 0. The van der Waals surface area contributed by atoms with Crippen LogP contribution in [0.4, 0.5) is 24.5 Å². The number of hydrogen-bond donors (Lipinski definition) is 2. The maximum atomic E-state index is 13.5. The molecule has 5 nitrogen and oxygen atoms in total. The number of benzene rings is 1. The van der Waals surface area contributed by atoms with Crippen molar-refractivity contribution in [2.24, 2.45) is 0 Å². The predicted molar refractivity (Wildman–Crippen MR) is 71.3 cm³/mol. The van der Waals surface area contributed by atoms with Crippen LogP contribution in [0, 0.1) is 24.4 Å². The third-order valence-corrected chi connectivity index (χ3v) is 2.93. The maximum Gasteiger partial charge on any atom is 0.276 e. The number of nitrogens with two attached hydrogens (primary N) is 1. The Bertz CT molecular complexity index is 689. The minimum absolute atomic E-state index is 0.00174. The molecule has 1 aromatic heterocycles. The van der Waals surface area contributed by atoms with Gasteiger partial charge in [0.2, 0.25) is 0 Å². The first-order valence-electron chi connectivity index (χ1n) is 6.13. The zero-order chi connectivity index (χ0) is 15.7. The molecule has 3 N–H and O–H groups in total. The van der Waals surface area contributed by atoms with E-state index in [2.05, 4.69) is 10.4 Å². The molecule has 0 radical (unpaired) electrons. The number of carbonyl (C=O) groups excluding carboxylic acids is 1. The van der Waals surface area contributed by atoms with Crippen LogP contribution in [-0.2, 0) is 6.54 Å². The molecule has 0 fully saturated rings. The lowest BCUT2D eigenvalue weighted by Gasteiger charge is -2.09. The summed E-state index contributed by atoms with van der Waals surface area (Å²) in [6.45, 7) is 3.70. The topological polar surface area (TPSA) is 72.9 Å². The Kier molecular flexibility index (Phi) is 3.88.